The molecule has 0 aliphatic carbocycles. The van der Waals surface area contributed by atoms with Crippen LogP contribution in [0.1, 0.15) is 19.8 Å². The van der Waals surface area contributed by atoms with E-state index in [9.17, 15) is 18.4 Å². The lowest BCUT2D eigenvalue weighted by Gasteiger charge is -2.31. The molecule has 1 heterocycles. The third-order valence-corrected chi connectivity index (χ3v) is 3.01. The van der Waals surface area contributed by atoms with Gasteiger partial charge in [-0.2, -0.15) is 0 Å². The Hall–Kier alpha value is -1.24. The normalized spacial score (nSPS) is 21.8. The SMILES string of the molecule is CC(=O)N1CCCC(C(=O)NCC(O)C(F)F)C1. The van der Waals surface area contributed by atoms with Gasteiger partial charge in [0.1, 0.15) is 6.10 Å². The lowest BCUT2D eigenvalue weighted by atomic mass is 9.97. The summed E-state index contributed by atoms with van der Waals surface area (Å²) in [4.78, 5) is 24.4. The number of aliphatic hydroxyl groups is 1. The molecule has 0 aromatic rings. The summed E-state index contributed by atoms with van der Waals surface area (Å²) in [5.74, 6) is -0.867. The Balaban J connectivity index is 2.39. The van der Waals surface area contributed by atoms with E-state index in [0.717, 1.165) is 6.42 Å². The molecule has 104 valence electrons. The predicted octanol–water partition coefficient (Wildman–Crippen LogP) is -0.0129. The summed E-state index contributed by atoms with van der Waals surface area (Å²) >= 11 is 0. The highest BCUT2D eigenvalue weighted by atomic mass is 19.3. The predicted molar refractivity (Wildman–Crippen MR) is 60.0 cm³/mol. The third-order valence-electron chi connectivity index (χ3n) is 3.01. The van der Waals surface area contributed by atoms with Gasteiger partial charge in [0.25, 0.3) is 6.43 Å². The number of hydrogen-bond donors (Lipinski definition) is 2. The molecule has 0 aromatic heterocycles. The highest BCUT2D eigenvalue weighted by molar-refractivity contribution is 5.80. The number of aliphatic hydroxyl groups excluding tert-OH is 1. The van der Waals surface area contributed by atoms with E-state index in [1.54, 1.807) is 4.90 Å². The van der Waals surface area contributed by atoms with Crippen molar-refractivity contribution in [3.05, 3.63) is 0 Å². The molecule has 1 saturated heterocycles. The Labute approximate surface area is 104 Å². The van der Waals surface area contributed by atoms with Crippen molar-refractivity contribution in [3.8, 4) is 0 Å². The summed E-state index contributed by atoms with van der Waals surface area (Å²) in [6.07, 6.45) is -3.37. The summed E-state index contributed by atoms with van der Waals surface area (Å²) in [6.45, 7) is 1.90. The quantitative estimate of drug-likeness (QED) is 0.750. The van der Waals surface area contributed by atoms with Crippen LogP contribution in [0.5, 0.6) is 0 Å². The summed E-state index contributed by atoms with van der Waals surface area (Å²) in [5, 5.41) is 11.2. The minimum atomic E-state index is -2.87. The topological polar surface area (TPSA) is 69.6 Å². The molecule has 2 atom stereocenters. The van der Waals surface area contributed by atoms with Gasteiger partial charge in [-0.25, -0.2) is 8.78 Å². The van der Waals surface area contributed by atoms with Crippen LogP contribution in [-0.2, 0) is 9.59 Å². The van der Waals surface area contributed by atoms with Crippen LogP contribution in [-0.4, -0.2) is 54.0 Å². The number of hydrogen-bond acceptors (Lipinski definition) is 3. The molecule has 0 aromatic carbocycles. The van der Waals surface area contributed by atoms with Crippen LogP contribution < -0.4 is 5.32 Å². The van der Waals surface area contributed by atoms with Crippen molar-refractivity contribution >= 4 is 11.8 Å². The van der Waals surface area contributed by atoms with Crippen molar-refractivity contribution in [1.82, 2.24) is 10.2 Å². The van der Waals surface area contributed by atoms with E-state index in [1.165, 1.54) is 6.92 Å². The second kappa shape index (κ2) is 6.63. The molecule has 7 heteroatoms. The molecule has 1 aliphatic rings. The summed E-state index contributed by atoms with van der Waals surface area (Å²) < 4.78 is 24.1. The van der Waals surface area contributed by atoms with E-state index in [0.29, 0.717) is 19.5 Å². The average Bonchev–Trinajstić information content (AvgIpc) is 2.35. The molecule has 18 heavy (non-hydrogen) atoms. The summed E-state index contributed by atoms with van der Waals surface area (Å²) in [5.41, 5.74) is 0. The molecule has 2 amide bonds. The molecule has 2 N–H and O–H groups in total. The van der Waals surface area contributed by atoms with Crippen LogP contribution in [0.25, 0.3) is 0 Å². The van der Waals surface area contributed by atoms with E-state index in [2.05, 4.69) is 5.32 Å². The molecule has 1 aliphatic heterocycles. The zero-order valence-electron chi connectivity index (χ0n) is 10.2. The van der Waals surface area contributed by atoms with Gasteiger partial charge in [-0.3, -0.25) is 9.59 Å². The number of carbonyl (C=O) groups excluding carboxylic acids is 2. The molecular formula is C11H18F2N2O3. The van der Waals surface area contributed by atoms with Crippen LogP contribution in [0.2, 0.25) is 0 Å². The average molecular weight is 264 g/mol. The number of nitrogens with one attached hydrogen (secondary N) is 1. The van der Waals surface area contributed by atoms with Crippen molar-refractivity contribution in [2.75, 3.05) is 19.6 Å². The van der Waals surface area contributed by atoms with E-state index in [4.69, 9.17) is 5.11 Å². The van der Waals surface area contributed by atoms with Crippen molar-refractivity contribution in [2.24, 2.45) is 5.92 Å². The molecule has 0 radical (unpaired) electrons. The Morgan fingerprint density at radius 1 is 1.50 bits per heavy atom. The van der Waals surface area contributed by atoms with Gasteiger partial charge >= 0.3 is 0 Å². The van der Waals surface area contributed by atoms with Crippen LogP contribution in [0.4, 0.5) is 8.78 Å². The first kappa shape index (κ1) is 14.8. The van der Waals surface area contributed by atoms with Crippen LogP contribution in [0.15, 0.2) is 0 Å². The standard InChI is InChI=1S/C11H18F2N2O3/c1-7(16)15-4-2-3-8(6-15)11(18)14-5-9(17)10(12)13/h8-10,17H,2-6H2,1H3,(H,14,18). The van der Waals surface area contributed by atoms with Crippen LogP contribution in [0, 0.1) is 5.92 Å². The smallest absolute Gasteiger partial charge is 0.265 e. The minimum Gasteiger partial charge on any atom is -0.385 e. The van der Waals surface area contributed by atoms with Gasteiger partial charge in [0.15, 0.2) is 0 Å². The van der Waals surface area contributed by atoms with Gasteiger partial charge in [-0.05, 0) is 12.8 Å². The lowest BCUT2D eigenvalue weighted by molar-refractivity contribution is -0.134. The first-order chi connectivity index (χ1) is 8.41. The first-order valence-electron chi connectivity index (χ1n) is 5.91. The van der Waals surface area contributed by atoms with E-state index in [1.807, 2.05) is 0 Å². The lowest BCUT2D eigenvalue weighted by Crippen LogP contribution is -2.46. The maximum absolute atomic E-state index is 12.0. The molecule has 1 fully saturated rings. The monoisotopic (exact) mass is 264 g/mol. The maximum atomic E-state index is 12.0. The molecular weight excluding hydrogens is 246 g/mol. The number of alkyl halides is 2. The highest BCUT2D eigenvalue weighted by Crippen LogP contribution is 2.16. The Kier molecular flexibility index (Phi) is 5.46. The van der Waals surface area contributed by atoms with Gasteiger partial charge in [0.05, 0.1) is 5.92 Å². The van der Waals surface area contributed by atoms with Crippen molar-refractivity contribution in [3.63, 3.8) is 0 Å². The number of likely N-dealkylation sites (tertiary alicyclic amines) is 1. The summed E-state index contributed by atoms with van der Waals surface area (Å²) in [6, 6.07) is 0. The minimum absolute atomic E-state index is 0.0971. The number of piperidine rings is 1. The Morgan fingerprint density at radius 2 is 2.17 bits per heavy atom. The number of amides is 2. The van der Waals surface area contributed by atoms with Gasteiger partial charge in [0.2, 0.25) is 11.8 Å². The fourth-order valence-electron chi connectivity index (χ4n) is 1.92. The van der Waals surface area contributed by atoms with Gasteiger partial charge < -0.3 is 15.3 Å². The van der Waals surface area contributed by atoms with Crippen LogP contribution in [0.3, 0.4) is 0 Å². The third kappa shape index (κ3) is 4.21. The molecule has 5 nitrogen and oxygen atoms in total. The zero-order valence-corrected chi connectivity index (χ0v) is 10.2. The highest BCUT2D eigenvalue weighted by Gasteiger charge is 2.27. The van der Waals surface area contributed by atoms with Crippen molar-refractivity contribution in [2.45, 2.75) is 32.3 Å². The first-order valence-corrected chi connectivity index (χ1v) is 5.91. The maximum Gasteiger partial charge on any atom is 0.265 e. The van der Waals surface area contributed by atoms with Crippen molar-refractivity contribution in [1.29, 1.82) is 0 Å². The molecule has 0 spiro atoms. The Morgan fingerprint density at radius 3 is 2.72 bits per heavy atom. The number of nitrogens with zero attached hydrogens (tertiary/aromatic N) is 1. The van der Waals surface area contributed by atoms with Gasteiger partial charge in [-0.1, -0.05) is 0 Å². The number of rotatable bonds is 4. The molecule has 2 unspecified atom stereocenters. The number of carbonyl (C=O) groups is 2. The van der Waals surface area contributed by atoms with E-state index >= 15 is 0 Å². The Bertz CT molecular complexity index is 313. The second-order valence-electron chi connectivity index (χ2n) is 4.45. The number of halogens is 2. The summed E-state index contributed by atoms with van der Waals surface area (Å²) in [7, 11) is 0. The fraction of sp³-hybridized carbons (Fsp3) is 0.818. The second-order valence-corrected chi connectivity index (χ2v) is 4.45. The molecule has 0 bridgehead atoms. The van der Waals surface area contributed by atoms with E-state index < -0.39 is 19.1 Å². The van der Waals surface area contributed by atoms with Crippen molar-refractivity contribution < 1.29 is 23.5 Å². The fourth-order valence-corrected chi connectivity index (χ4v) is 1.92. The largest absolute Gasteiger partial charge is 0.385 e. The zero-order chi connectivity index (χ0) is 13.7. The van der Waals surface area contributed by atoms with E-state index in [-0.39, 0.29) is 17.7 Å². The molecule has 1 rings (SSSR count). The van der Waals surface area contributed by atoms with Crippen LogP contribution >= 0.6 is 0 Å². The van der Waals surface area contributed by atoms with Gasteiger partial charge in [-0.15, -0.1) is 0 Å². The molecule has 0 saturated carbocycles. The van der Waals surface area contributed by atoms with Gasteiger partial charge in [0, 0.05) is 26.6 Å².